The highest BCUT2D eigenvalue weighted by atomic mass is 16.4. The normalized spacial score (nSPS) is 29.4. The molecule has 2 saturated carbocycles. The summed E-state index contributed by atoms with van der Waals surface area (Å²) >= 11 is 0. The smallest absolute Gasteiger partial charge is 0.337 e. The molecule has 1 aromatic rings. The van der Waals surface area contributed by atoms with E-state index in [0.29, 0.717) is 17.4 Å². The molecular formula is C23H36N2O2. The second-order valence-electron chi connectivity index (χ2n) is 8.70. The summed E-state index contributed by atoms with van der Waals surface area (Å²) in [7, 11) is 0. The number of nitrogens with two attached hydrogens (primary N) is 1. The Hall–Kier alpha value is -1.55. The van der Waals surface area contributed by atoms with Gasteiger partial charge in [0.1, 0.15) is 0 Å². The molecule has 0 bridgehead atoms. The van der Waals surface area contributed by atoms with Crippen LogP contribution >= 0.6 is 0 Å². The van der Waals surface area contributed by atoms with Crippen molar-refractivity contribution in [2.24, 2.45) is 23.5 Å². The highest BCUT2D eigenvalue weighted by Crippen LogP contribution is 2.42. The topological polar surface area (TPSA) is 75.3 Å². The van der Waals surface area contributed by atoms with E-state index < -0.39 is 5.97 Å². The van der Waals surface area contributed by atoms with Crippen LogP contribution < -0.4 is 11.1 Å². The van der Waals surface area contributed by atoms with E-state index in [9.17, 15) is 9.90 Å². The number of para-hydroxylation sites is 1. The van der Waals surface area contributed by atoms with Crippen molar-refractivity contribution in [3.8, 4) is 0 Å². The van der Waals surface area contributed by atoms with E-state index in [2.05, 4.69) is 12.2 Å². The molecule has 0 radical (unpaired) electrons. The Bertz CT molecular complexity index is 612. The molecule has 1 aromatic carbocycles. The fourth-order valence-electron chi connectivity index (χ4n) is 5.43. The van der Waals surface area contributed by atoms with Crippen molar-refractivity contribution in [1.29, 1.82) is 0 Å². The molecule has 150 valence electrons. The molecule has 0 heterocycles. The molecule has 4 nitrogen and oxygen atoms in total. The number of carboxylic acid groups (broad SMARTS) is 1. The van der Waals surface area contributed by atoms with E-state index >= 15 is 0 Å². The van der Waals surface area contributed by atoms with Gasteiger partial charge in [-0.1, -0.05) is 64.0 Å². The van der Waals surface area contributed by atoms with Gasteiger partial charge in [-0.2, -0.15) is 0 Å². The predicted molar refractivity (Wildman–Crippen MR) is 111 cm³/mol. The quantitative estimate of drug-likeness (QED) is 0.608. The molecule has 4 N–H and O–H groups in total. The van der Waals surface area contributed by atoms with Crippen molar-refractivity contribution in [2.45, 2.75) is 83.2 Å². The minimum absolute atomic E-state index is 0.215. The van der Waals surface area contributed by atoms with Crippen LogP contribution in [0.25, 0.3) is 0 Å². The van der Waals surface area contributed by atoms with Crippen LogP contribution in [0.3, 0.4) is 0 Å². The van der Waals surface area contributed by atoms with Gasteiger partial charge >= 0.3 is 5.97 Å². The van der Waals surface area contributed by atoms with Crippen molar-refractivity contribution in [3.63, 3.8) is 0 Å². The van der Waals surface area contributed by atoms with Crippen LogP contribution in [-0.4, -0.2) is 23.2 Å². The molecule has 0 amide bonds. The summed E-state index contributed by atoms with van der Waals surface area (Å²) in [5, 5.41) is 13.2. The van der Waals surface area contributed by atoms with Gasteiger partial charge in [-0.15, -0.1) is 0 Å². The molecule has 2 aliphatic carbocycles. The molecule has 4 atom stereocenters. The summed E-state index contributed by atoms with van der Waals surface area (Å²) in [5.74, 6) is 1.03. The van der Waals surface area contributed by atoms with Gasteiger partial charge in [-0.3, -0.25) is 0 Å². The monoisotopic (exact) mass is 372 g/mol. The fraction of sp³-hybridized carbons (Fsp3) is 0.696. The molecule has 0 saturated heterocycles. The molecule has 0 aliphatic heterocycles. The molecular weight excluding hydrogens is 336 g/mol. The standard InChI is InChI=1S/C23H36N2O2/c1-2-3-11-18-20(24)14-17(16-9-5-4-6-10-16)15-22(18)25-21-13-8-7-12-19(21)23(26)27/h7-8,12-13,16-18,20,22,25H,2-6,9-11,14-15,24H2,1H3,(H,26,27)/t17-,18?,20?,22+/m1/s1. The van der Waals surface area contributed by atoms with Crippen molar-refractivity contribution < 1.29 is 9.90 Å². The Balaban J connectivity index is 1.79. The molecule has 2 unspecified atom stereocenters. The van der Waals surface area contributed by atoms with E-state index in [4.69, 9.17) is 5.73 Å². The van der Waals surface area contributed by atoms with Crippen LogP contribution in [0.2, 0.25) is 0 Å². The SMILES string of the molecule is CCCCC1C(N)C[C@@H](C2CCCCC2)C[C@@H]1Nc1ccccc1C(=O)O. The lowest BCUT2D eigenvalue weighted by Crippen LogP contribution is -2.49. The highest BCUT2D eigenvalue weighted by Gasteiger charge is 2.39. The van der Waals surface area contributed by atoms with Crippen LogP contribution in [0, 0.1) is 17.8 Å². The number of rotatable bonds is 7. The van der Waals surface area contributed by atoms with Crippen molar-refractivity contribution in [2.75, 3.05) is 5.32 Å². The molecule has 0 spiro atoms. The highest BCUT2D eigenvalue weighted by molar-refractivity contribution is 5.94. The predicted octanol–water partition coefficient (Wildman–Crippen LogP) is 5.29. The third kappa shape index (κ3) is 5.04. The van der Waals surface area contributed by atoms with Crippen LogP contribution in [0.1, 0.15) is 81.5 Å². The van der Waals surface area contributed by atoms with Crippen molar-refractivity contribution in [1.82, 2.24) is 0 Å². The number of nitrogens with one attached hydrogen (secondary N) is 1. The average Bonchev–Trinajstić information content (AvgIpc) is 2.68. The summed E-state index contributed by atoms with van der Waals surface area (Å²) in [6.07, 6.45) is 12.5. The van der Waals surface area contributed by atoms with Gasteiger partial charge in [-0.05, 0) is 49.1 Å². The maximum atomic E-state index is 11.6. The summed E-state index contributed by atoms with van der Waals surface area (Å²) in [6.45, 7) is 2.22. The summed E-state index contributed by atoms with van der Waals surface area (Å²) in [5.41, 5.74) is 7.81. The molecule has 2 fully saturated rings. The lowest BCUT2D eigenvalue weighted by atomic mass is 9.66. The van der Waals surface area contributed by atoms with Gasteiger partial charge in [0.15, 0.2) is 0 Å². The van der Waals surface area contributed by atoms with Crippen molar-refractivity contribution in [3.05, 3.63) is 29.8 Å². The minimum Gasteiger partial charge on any atom is -0.478 e. The van der Waals surface area contributed by atoms with Crippen LogP contribution in [0.15, 0.2) is 24.3 Å². The minimum atomic E-state index is -0.868. The van der Waals surface area contributed by atoms with Gasteiger partial charge in [0.05, 0.1) is 5.56 Å². The van der Waals surface area contributed by atoms with E-state index in [1.165, 1.54) is 44.9 Å². The van der Waals surface area contributed by atoms with Crippen LogP contribution in [0.4, 0.5) is 5.69 Å². The Morgan fingerprint density at radius 1 is 1.15 bits per heavy atom. The van der Waals surface area contributed by atoms with Gasteiger partial charge in [0.25, 0.3) is 0 Å². The van der Waals surface area contributed by atoms with E-state index in [1.807, 2.05) is 12.1 Å². The average molecular weight is 373 g/mol. The van der Waals surface area contributed by atoms with Gasteiger partial charge in [0, 0.05) is 17.8 Å². The first-order valence-corrected chi connectivity index (χ1v) is 10.9. The second-order valence-corrected chi connectivity index (χ2v) is 8.70. The lowest BCUT2D eigenvalue weighted by molar-refractivity contribution is 0.0697. The van der Waals surface area contributed by atoms with Crippen LogP contribution in [-0.2, 0) is 0 Å². The molecule has 2 aliphatic rings. The maximum Gasteiger partial charge on any atom is 0.337 e. The Morgan fingerprint density at radius 2 is 1.89 bits per heavy atom. The first-order chi connectivity index (χ1) is 13.1. The Morgan fingerprint density at radius 3 is 2.59 bits per heavy atom. The zero-order valence-electron chi connectivity index (χ0n) is 16.7. The molecule has 27 heavy (non-hydrogen) atoms. The molecule has 3 rings (SSSR count). The number of carboxylic acids is 1. The number of hydrogen-bond acceptors (Lipinski definition) is 3. The molecule has 4 heteroatoms. The maximum absolute atomic E-state index is 11.6. The summed E-state index contributed by atoms with van der Waals surface area (Å²) in [4.78, 5) is 11.6. The zero-order valence-corrected chi connectivity index (χ0v) is 16.7. The number of hydrogen-bond donors (Lipinski definition) is 3. The number of aromatic carboxylic acids is 1. The third-order valence-electron chi connectivity index (χ3n) is 6.90. The number of unbranched alkanes of at least 4 members (excludes halogenated alkanes) is 1. The van der Waals surface area contributed by atoms with Gasteiger partial charge < -0.3 is 16.2 Å². The molecule has 0 aromatic heterocycles. The summed E-state index contributed by atoms with van der Waals surface area (Å²) < 4.78 is 0. The fourth-order valence-corrected chi connectivity index (χ4v) is 5.43. The van der Waals surface area contributed by atoms with Crippen molar-refractivity contribution >= 4 is 11.7 Å². The zero-order chi connectivity index (χ0) is 19.2. The lowest BCUT2D eigenvalue weighted by Gasteiger charge is -2.45. The first-order valence-electron chi connectivity index (χ1n) is 10.9. The third-order valence-corrected chi connectivity index (χ3v) is 6.90. The number of carbonyl (C=O) groups is 1. The van der Waals surface area contributed by atoms with Gasteiger partial charge in [-0.25, -0.2) is 4.79 Å². The van der Waals surface area contributed by atoms with E-state index in [0.717, 1.165) is 30.9 Å². The summed E-state index contributed by atoms with van der Waals surface area (Å²) in [6, 6.07) is 7.78. The second kappa shape index (κ2) is 9.59. The van der Waals surface area contributed by atoms with Crippen LogP contribution in [0.5, 0.6) is 0 Å². The Labute approximate surface area is 163 Å². The van der Waals surface area contributed by atoms with E-state index in [1.54, 1.807) is 12.1 Å². The number of anilines is 1. The number of benzene rings is 1. The van der Waals surface area contributed by atoms with Gasteiger partial charge in [0.2, 0.25) is 0 Å². The largest absolute Gasteiger partial charge is 0.478 e. The Kier molecular flexibility index (Phi) is 7.17. The van der Waals surface area contributed by atoms with E-state index in [-0.39, 0.29) is 12.1 Å². The first kappa shape index (κ1) is 20.2.